The summed E-state index contributed by atoms with van der Waals surface area (Å²) in [4.78, 5) is 24.2. The number of hydrogen-bond donors (Lipinski definition) is 0. The predicted octanol–water partition coefficient (Wildman–Crippen LogP) is 0.703. The van der Waals surface area contributed by atoms with Gasteiger partial charge in [-0.1, -0.05) is 0 Å². The van der Waals surface area contributed by atoms with Crippen LogP contribution in [-0.2, 0) is 9.53 Å². The number of amides is 1. The fourth-order valence-corrected chi connectivity index (χ4v) is 2.79. The summed E-state index contributed by atoms with van der Waals surface area (Å²) in [5.74, 6) is 0.269. The summed E-state index contributed by atoms with van der Waals surface area (Å²) in [6.45, 7) is 0.775. The zero-order valence-corrected chi connectivity index (χ0v) is 7.28. The maximum atomic E-state index is 11.3. The molecular formula is C9H11NO3. The fourth-order valence-electron chi connectivity index (χ4n) is 2.79. The van der Waals surface area contributed by atoms with Gasteiger partial charge in [0.25, 0.3) is 0 Å². The van der Waals surface area contributed by atoms with Crippen molar-refractivity contribution in [3.8, 4) is 0 Å². The zero-order valence-electron chi connectivity index (χ0n) is 7.28. The number of carbonyl (C=O) groups is 2. The minimum Gasteiger partial charge on any atom is -0.440 e. The van der Waals surface area contributed by atoms with Gasteiger partial charge >= 0.3 is 6.09 Å². The quantitative estimate of drug-likeness (QED) is 0.552. The van der Waals surface area contributed by atoms with Crippen LogP contribution < -0.4 is 0 Å². The molecule has 0 N–H and O–H groups in total. The number of carbonyl (C=O) groups excluding carboxylic acids is 2. The molecule has 1 unspecified atom stereocenters. The molecular weight excluding hydrogens is 170 g/mol. The summed E-state index contributed by atoms with van der Waals surface area (Å²) in [5, 5.41) is 0. The Labute approximate surface area is 75.8 Å². The van der Waals surface area contributed by atoms with Crippen LogP contribution in [-0.4, -0.2) is 35.0 Å². The van der Waals surface area contributed by atoms with Gasteiger partial charge in [-0.15, -0.1) is 0 Å². The van der Waals surface area contributed by atoms with E-state index in [0.717, 1.165) is 19.4 Å². The molecule has 2 heterocycles. The van der Waals surface area contributed by atoms with Crippen molar-refractivity contribution in [2.24, 2.45) is 0 Å². The lowest BCUT2D eigenvalue weighted by Crippen LogP contribution is -2.43. The van der Waals surface area contributed by atoms with Gasteiger partial charge in [-0.2, -0.15) is 0 Å². The minimum absolute atomic E-state index is 0.0567. The van der Waals surface area contributed by atoms with E-state index in [0.29, 0.717) is 12.8 Å². The summed E-state index contributed by atoms with van der Waals surface area (Å²) in [5.41, 5.74) is -0.287. The maximum Gasteiger partial charge on any atom is 0.410 e. The number of hydrogen-bond acceptors (Lipinski definition) is 3. The van der Waals surface area contributed by atoms with Gasteiger partial charge in [-0.25, -0.2) is 4.79 Å². The Balaban J connectivity index is 1.99. The first-order valence-corrected chi connectivity index (χ1v) is 4.73. The summed E-state index contributed by atoms with van der Waals surface area (Å²) >= 11 is 0. The van der Waals surface area contributed by atoms with Crippen molar-refractivity contribution in [2.75, 3.05) is 6.54 Å². The Hall–Kier alpha value is -1.06. The second-order valence-corrected chi connectivity index (χ2v) is 4.13. The van der Waals surface area contributed by atoms with Crippen LogP contribution in [0.25, 0.3) is 0 Å². The van der Waals surface area contributed by atoms with Crippen molar-refractivity contribution in [2.45, 2.75) is 37.3 Å². The Kier molecular flexibility index (Phi) is 1.16. The average molecular weight is 181 g/mol. The number of nitrogens with zero attached hydrogens (tertiary/aromatic N) is 1. The van der Waals surface area contributed by atoms with Crippen molar-refractivity contribution in [3.63, 3.8) is 0 Å². The summed E-state index contributed by atoms with van der Waals surface area (Å²) < 4.78 is 5.33. The van der Waals surface area contributed by atoms with Crippen molar-refractivity contribution in [1.29, 1.82) is 0 Å². The van der Waals surface area contributed by atoms with Crippen LogP contribution in [0.15, 0.2) is 0 Å². The van der Waals surface area contributed by atoms with Crippen LogP contribution in [0.5, 0.6) is 0 Å². The molecule has 1 saturated carbocycles. The molecule has 2 aliphatic heterocycles. The highest BCUT2D eigenvalue weighted by Gasteiger charge is 2.60. The Morgan fingerprint density at radius 3 is 3.00 bits per heavy atom. The van der Waals surface area contributed by atoms with Gasteiger partial charge in [0.15, 0.2) is 0 Å². The van der Waals surface area contributed by atoms with E-state index in [2.05, 4.69) is 0 Å². The van der Waals surface area contributed by atoms with E-state index in [-0.39, 0.29) is 23.5 Å². The van der Waals surface area contributed by atoms with E-state index in [1.54, 1.807) is 4.90 Å². The first-order valence-electron chi connectivity index (χ1n) is 4.73. The Morgan fingerprint density at radius 2 is 2.23 bits per heavy atom. The first-order chi connectivity index (χ1) is 6.21. The third kappa shape index (κ3) is 0.759. The molecule has 0 aromatic heterocycles. The van der Waals surface area contributed by atoms with Gasteiger partial charge in [0.05, 0.1) is 6.04 Å². The van der Waals surface area contributed by atoms with E-state index < -0.39 is 0 Å². The lowest BCUT2D eigenvalue weighted by molar-refractivity contribution is -0.124. The van der Waals surface area contributed by atoms with Crippen LogP contribution in [0, 0.1) is 0 Å². The van der Waals surface area contributed by atoms with Gasteiger partial charge in [-0.3, -0.25) is 4.79 Å². The molecule has 1 amide bonds. The van der Waals surface area contributed by atoms with Crippen LogP contribution in [0.4, 0.5) is 4.79 Å². The summed E-state index contributed by atoms with van der Waals surface area (Å²) in [6, 6.07) is 0.0567. The van der Waals surface area contributed by atoms with Gasteiger partial charge in [-0.05, 0) is 6.42 Å². The largest absolute Gasteiger partial charge is 0.440 e. The number of rotatable bonds is 0. The molecule has 3 rings (SSSR count). The van der Waals surface area contributed by atoms with Gasteiger partial charge in [0.1, 0.15) is 11.4 Å². The van der Waals surface area contributed by atoms with Crippen molar-refractivity contribution >= 4 is 11.9 Å². The Bertz CT molecular complexity index is 301. The SMILES string of the molecule is O=C1CC[C@]23CCN(C(=O)O2)C3C1. The molecule has 1 aliphatic carbocycles. The highest BCUT2D eigenvalue weighted by Crippen LogP contribution is 2.46. The third-order valence-corrected chi connectivity index (χ3v) is 3.53. The van der Waals surface area contributed by atoms with Gasteiger partial charge in [0, 0.05) is 25.8 Å². The molecule has 3 fully saturated rings. The van der Waals surface area contributed by atoms with Crippen molar-refractivity contribution in [1.82, 2.24) is 4.90 Å². The molecule has 0 spiro atoms. The standard InChI is InChI=1S/C9H11NO3/c11-6-1-2-9-3-4-10(7(9)5-6)8(12)13-9/h7H,1-5H2/t7?,9-/m1/s1. The lowest BCUT2D eigenvalue weighted by Gasteiger charge is -2.31. The average Bonchev–Trinajstić information content (AvgIpc) is 2.56. The lowest BCUT2D eigenvalue weighted by atomic mass is 9.80. The van der Waals surface area contributed by atoms with Crippen LogP contribution in [0.3, 0.4) is 0 Å². The normalized spacial score (nSPS) is 42.2. The van der Waals surface area contributed by atoms with Crippen LogP contribution >= 0.6 is 0 Å². The molecule has 0 radical (unpaired) electrons. The third-order valence-electron chi connectivity index (χ3n) is 3.53. The van der Waals surface area contributed by atoms with Crippen molar-refractivity contribution < 1.29 is 14.3 Å². The van der Waals surface area contributed by atoms with E-state index in [4.69, 9.17) is 4.74 Å². The molecule has 3 aliphatic rings. The van der Waals surface area contributed by atoms with E-state index in [1.165, 1.54) is 0 Å². The highest BCUT2D eigenvalue weighted by molar-refractivity contribution is 5.83. The predicted molar refractivity (Wildman–Crippen MR) is 43.2 cm³/mol. The van der Waals surface area contributed by atoms with Crippen molar-refractivity contribution in [3.05, 3.63) is 0 Å². The van der Waals surface area contributed by atoms with Gasteiger partial charge < -0.3 is 9.64 Å². The molecule has 0 aromatic rings. The van der Waals surface area contributed by atoms with E-state index in [1.807, 2.05) is 0 Å². The second kappa shape index (κ2) is 2.05. The molecule has 2 bridgehead atoms. The number of Topliss-reactive ketones (excluding diaryl/α,β-unsaturated/α-hetero) is 1. The van der Waals surface area contributed by atoms with Crippen LogP contribution in [0.2, 0.25) is 0 Å². The monoisotopic (exact) mass is 181 g/mol. The number of ether oxygens (including phenoxy) is 1. The fraction of sp³-hybridized carbons (Fsp3) is 0.778. The maximum absolute atomic E-state index is 11.3. The second-order valence-electron chi connectivity index (χ2n) is 4.13. The van der Waals surface area contributed by atoms with E-state index >= 15 is 0 Å². The first kappa shape index (κ1) is 7.35. The molecule has 0 aromatic carbocycles. The zero-order chi connectivity index (χ0) is 9.05. The molecule has 4 heteroatoms. The van der Waals surface area contributed by atoms with Gasteiger partial charge in [0.2, 0.25) is 0 Å². The molecule has 2 atom stereocenters. The molecule has 13 heavy (non-hydrogen) atoms. The van der Waals surface area contributed by atoms with Crippen LogP contribution in [0.1, 0.15) is 25.7 Å². The highest BCUT2D eigenvalue weighted by atomic mass is 16.6. The smallest absolute Gasteiger partial charge is 0.410 e. The molecule has 70 valence electrons. The molecule has 4 nitrogen and oxygen atoms in total. The Morgan fingerprint density at radius 1 is 1.38 bits per heavy atom. The molecule has 2 saturated heterocycles. The topological polar surface area (TPSA) is 46.6 Å². The number of ketones is 1. The summed E-state index contributed by atoms with van der Waals surface area (Å²) in [6.07, 6.45) is 2.52. The minimum atomic E-state index is -0.287. The van der Waals surface area contributed by atoms with E-state index in [9.17, 15) is 9.59 Å². The summed E-state index contributed by atoms with van der Waals surface area (Å²) in [7, 11) is 0.